The number of alkyl halides is 3. The summed E-state index contributed by atoms with van der Waals surface area (Å²) in [6, 6.07) is 2.42. The quantitative estimate of drug-likeness (QED) is 0.920. The van der Waals surface area contributed by atoms with E-state index in [0.29, 0.717) is 25.6 Å². The molecule has 0 radical (unpaired) electrons. The molecule has 6 heteroatoms. The topological polar surface area (TPSA) is 42.1 Å². The molecule has 0 amide bonds. The molecular weight excluding hydrogens is 255 g/mol. The fourth-order valence-electron chi connectivity index (χ4n) is 2.54. The minimum absolute atomic E-state index is 0.0567. The molecular formula is C13H18F3N3. The van der Waals surface area contributed by atoms with Crippen LogP contribution in [0.3, 0.4) is 0 Å². The highest BCUT2D eigenvalue weighted by atomic mass is 19.4. The molecule has 3 nitrogen and oxygen atoms in total. The Hall–Kier alpha value is -1.30. The van der Waals surface area contributed by atoms with Crippen molar-refractivity contribution in [2.45, 2.75) is 25.4 Å². The average molecular weight is 273 g/mol. The maximum Gasteiger partial charge on any atom is 0.419 e. The van der Waals surface area contributed by atoms with Gasteiger partial charge in [-0.25, -0.2) is 4.98 Å². The smallest absolute Gasteiger partial charge is 0.356 e. The number of aromatic nitrogens is 1. The van der Waals surface area contributed by atoms with Gasteiger partial charge in [-0.15, -0.1) is 0 Å². The number of hydrogen-bond donors (Lipinski definition) is 1. The van der Waals surface area contributed by atoms with Gasteiger partial charge in [-0.05, 0) is 43.9 Å². The van der Waals surface area contributed by atoms with E-state index in [2.05, 4.69) is 4.98 Å². The number of nitrogens with two attached hydrogens (primary N) is 1. The maximum atomic E-state index is 12.9. The molecule has 0 aromatic carbocycles. The van der Waals surface area contributed by atoms with E-state index in [-0.39, 0.29) is 5.82 Å². The normalized spacial score (nSPS) is 17.8. The van der Waals surface area contributed by atoms with Gasteiger partial charge < -0.3 is 10.6 Å². The molecule has 19 heavy (non-hydrogen) atoms. The number of piperidine rings is 1. The third-order valence-corrected chi connectivity index (χ3v) is 3.58. The van der Waals surface area contributed by atoms with Gasteiger partial charge in [0.2, 0.25) is 0 Å². The number of hydrogen-bond acceptors (Lipinski definition) is 3. The molecule has 1 aromatic heterocycles. The van der Waals surface area contributed by atoms with Crippen molar-refractivity contribution in [2.24, 2.45) is 11.7 Å². The highest BCUT2D eigenvalue weighted by molar-refractivity contribution is 5.48. The van der Waals surface area contributed by atoms with Crippen LogP contribution in [0, 0.1) is 5.92 Å². The van der Waals surface area contributed by atoms with Crippen molar-refractivity contribution in [3.05, 3.63) is 23.9 Å². The molecule has 2 rings (SSSR count). The lowest BCUT2D eigenvalue weighted by atomic mass is 9.93. The first-order valence-corrected chi connectivity index (χ1v) is 6.49. The Bertz CT molecular complexity index is 412. The van der Waals surface area contributed by atoms with E-state index in [1.54, 1.807) is 4.90 Å². The summed E-state index contributed by atoms with van der Waals surface area (Å²) in [7, 11) is 0. The van der Waals surface area contributed by atoms with E-state index in [1.807, 2.05) is 0 Å². The minimum Gasteiger partial charge on any atom is -0.356 e. The number of anilines is 1. The monoisotopic (exact) mass is 273 g/mol. The average Bonchev–Trinajstić information content (AvgIpc) is 2.39. The molecule has 0 saturated carbocycles. The number of pyridine rings is 1. The summed E-state index contributed by atoms with van der Waals surface area (Å²) in [4.78, 5) is 5.65. The van der Waals surface area contributed by atoms with E-state index in [0.717, 1.165) is 25.3 Å². The molecule has 1 aromatic rings. The fraction of sp³-hybridized carbons (Fsp3) is 0.615. The van der Waals surface area contributed by atoms with Crippen molar-refractivity contribution in [3.8, 4) is 0 Å². The summed E-state index contributed by atoms with van der Waals surface area (Å²) in [5.74, 6) is 0.584. The minimum atomic E-state index is -4.35. The Kier molecular flexibility index (Phi) is 4.29. The van der Waals surface area contributed by atoms with Crippen molar-refractivity contribution in [1.29, 1.82) is 0 Å². The summed E-state index contributed by atoms with van der Waals surface area (Å²) >= 11 is 0. The van der Waals surface area contributed by atoms with Gasteiger partial charge in [-0.1, -0.05) is 0 Å². The molecule has 0 aliphatic carbocycles. The molecule has 1 aliphatic heterocycles. The zero-order valence-corrected chi connectivity index (χ0v) is 10.7. The molecule has 1 saturated heterocycles. The van der Waals surface area contributed by atoms with Crippen LogP contribution in [-0.2, 0) is 6.18 Å². The fourth-order valence-corrected chi connectivity index (χ4v) is 2.54. The van der Waals surface area contributed by atoms with E-state index in [9.17, 15) is 13.2 Å². The summed E-state index contributed by atoms with van der Waals surface area (Å²) in [6.45, 7) is 1.87. The Morgan fingerprint density at radius 2 is 2.00 bits per heavy atom. The van der Waals surface area contributed by atoms with Crippen LogP contribution >= 0.6 is 0 Å². The lowest BCUT2D eigenvalue weighted by molar-refractivity contribution is -0.137. The van der Waals surface area contributed by atoms with Crippen LogP contribution in [0.5, 0.6) is 0 Å². The van der Waals surface area contributed by atoms with Gasteiger partial charge in [0.1, 0.15) is 5.82 Å². The summed E-state index contributed by atoms with van der Waals surface area (Å²) in [5.41, 5.74) is 4.87. The molecule has 1 fully saturated rings. The highest BCUT2D eigenvalue weighted by Crippen LogP contribution is 2.36. The van der Waals surface area contributed by atoms with E-state index < -0.39 is 11.7 Å². The zero-order chi connectivity index (χ0) is 13.9. The lowest BCUT2D eigenvalue weighted by Gasteiger charge is -2.33. The Morgan fingerprint density at radius 1 is 1.32 bits per heavy atom. The number of rotatable bonds is 3. The molecule has 2 heterocycles. The van der Waals surface area contributed by atoms with Crippen molar-refractivity contribution >= 4 is 5.82 Å². The molecule has 106 valence electrons. The highest BCUT2D eigenvalue weighted by Gasteiger charge is 2.36. The first-order chi connectivity index (χ1) is 9.02. The van der Waals surface area contributed by atoms with Gasteiger partial charge >= 0.3 is 6.18 Å². The standard InChI is InChI=1S/C13H18F3N3/c14-13(15,16)11-2-1-7-18-12(11)19-8-4-10(3-6-17)5-9-19/h1-2,7,10H,3-6,8-9,17H2. The van der Waals surface area contributed by atoms with Crippen LogP contribution in [0.25, 0.3) is 0 Å². The largest absolute Gasteiger partial charge is 0.419 e. The SMILES string of the molecule is NCCC1CCN(c2ncccc2C(F)(F)F)CC1. The van der Waals surface area contributed by atoms with Gasteiger partial charge in [-0.2, -0.15) is 13.2 Å². The zero-order valence-electron chi connectivity index (χ0n) is 10.7. The predicted octanol–water partition coefficient (Wildman–Crippen LogP) is 2.67. The summed E-state index contributed by atoms with van der Waals surface area (Å²) in [5, 5.41) is 0. The maximum absolute atomic E-state index is 12.9. The van der Waals surface area contributed by atoms with Crippen LogP contribution < -0.4 is 10.6 Å². The van der Waals surface area contributed by atoms with Gasteiger partial charge in [0.05, 0.1) is 5.56 Å². The Balaban J connectivity index is 2.12. The van der Waals surface area contributed by atoms with Crippen molar-refractivity contribution in [1.82, 2.24) is 4.98 Å². The van der Waals surface area contributed by atoms with Gasteiger partial charge in [-0.3, -0.25) is 0 Å². The lowest BCUT2D eigenvalue weighted by Crippen LogP contribution is -2.36. The molecule has 1 aliphatic rings. The second-order valence-electron chi connectivity index (χ2n) is 4.88. The predicted molar refractivity (Wildman–Crippen MR) is 67.8 cm³/mol. The van der Waals surface area contributed by atoms with Gasteiger partial charge in [0, 0.05) is 19.3 Å². The molecule has 0 atom stereocenters. The Labute approximate surface area is 110 Å². The molecule has 0 unspecified atom stereocenters. The van der Waals surface area contributed by atoms with E-state index in [1.165, 1.54) is 12.3 Å². The molecule has 2 N–H and O–H groups in total. The molecule has 0 spiro atoms. The number of halogens is 3. The summed E-state index contributed by atoms with van der Waals surface area (Å²) < 4.78 is 38.8. The second-order valence-corrected chi connectivity index (χ2v) is 4.88. The van der Waals surface area contributed by atoms with Crippen LogP contribution in [0.15, 0.2) is 18.3 Å². The summed E-state index contributed by atoms with van der Waals surface area (Å²) in [6.07, 6.45) is -0.230. The van der Waals surface area contributed by atoms with Crippen LogP contribution in [0.2, 0.25) is 0 Å². The van der Waals surface area contributed by atoms with Crippen LogP contribution in [0.1, 0.15) is 24.8 Å². The number of nitrogens with zero attached hydrogens (tertiary/aromatic N) is 2. The molecule has 0 bridgehead atoms. The van der Waals surface area contributed by atoms with E-state index >= 15 is 0 Å². The van der Waals surface area contributed by atoms with Crippen molar-refractivity contribution in [2.75, 3.05) is 24.5 Å². The van der Waals surface area contributed by atoms with Gasteiger partial charge in [0.15, 0.2) is 0 Å². The van der Waals surface area contributed by atoms with Gasteiger partial charge in [0.25, 0.3) is 0 Å². The Morgan fingerprint density at radius 3 is 2.58 bits per heavy atom. The first kappa shape index (κ1) is 14.1. The third-order valence-electron chi connectivity index (χ3n) is 3.58. The second kappa shape index (κ2) is 5.77. The van der Waals surface area contributed by atoms with E-state index in [4.69, 9.17) is 5.73 Å². The van der Waals surface area contributed by atoms with Crippen molar-refractivity contribution < 1.29 is 13.2 Å². The first-order valence-electron chi connectivity index (χ1n) is 6.49. The van der Waals surface area contributed by atoms with Crippen LogP contribution in [0.4, 0.5) is 19.0 Å². The third kappa shape index (κ3) is 3.37. The van der Waals surface area contributed by atoms with Crippen molar-refractivity contribution in [3.63, 3.8) is 0 Å². The van der Waals surface area contributed by atoms with Crippen LogP contribution in [-0.4, -0.2) is 24.6 Å².